The molecule has 0 aromatic heterocycles. The Hall–Kier alpha value is -2.81. The van der Waals surface area contributed by atoms with Crippen molar-refractivity contribution in [3.63, 3.8) is 0 Å². The Labute approximate surface area is 239 Å². The Morgan fingerprint density at radius 2 is 1.69 bits per heavy atom. The van der Waals surface area contributed by atoms with Crippen LogP contribution in [0.15, 0.2) is 71.6 Å². The Morgan fingerprint density at radius 3 is 2.38 bits per heavy atom. The van der Waals surface area contributed by atoms with E-state index in [2.05, 4.69) is 12.1 Å². The van der Waals surface area contributed by atoms with Crippen LogP contribution in [0.1, 0.15) is 53.5 Å². The molecule has 208 valence electrons. The van der Waals surface area contributed by atoms with Crippen molar-refractivity contribution < 1.29 is 29.2 Å². The number of carboxylic acid groups (broad SMARTS) is 1. The van der Waals surface area contributed by atoms with Crippen molar-refractivity contribution in [1.82, 2.24) is 0 Å². The van der Waals surface area contributed by atoms with Crippen molar-refractivity contribution in [3.8, 4) is 17.2 Å². The summed E-state index contributed by atoms with van der Waals surface area (Å²) in [6.07, 6.45) is 3.83. The van der Waals surface area contributed by atoms with Crippen molar-refractivity contribution in [2.45, 2.75) is 54.5 Å². The molecule has 1 saturated carbocycles. The Morgan fingerprint density at radius 1 is 0.974 bits per heavy atom. The van der Waals surface area contributed by atoms with Crippen LogP contribution < -0.4 is 14.2 Å². The first kappa shape index (κ1) is 29.2. The number of para-hydroxylation sites is 1. The first-order chi connectivity index (χ1) is 19.0. The van der Waals surface area contributed by atoms with E-state index in [1.54, 1.807) is 26.0 Å². The van der Waals surface area contributed by atoms with Crippen molar-refractivity contribution in [2.75, 3.05) is 25.7 Å². The van der Waals surface area contributed by atoms with Gasteiger partial charge < -0.3 is 24.4 Å². The summed E-state index contributed by atoms with van der Waals surface area (Å²) < 4.78 is 17.3. The summed E-state index contributed by atoms with van der Waals surface area (Å²) in [5.41, 5.74) is 3.13. The van der Waals surface area contributed by atoms with Gasteiger partial charge in [0.2, 0.25) is 0 Å². The van der Waals surface area contributed by atoms with Gasteiger partial charge in [-0.05, 0) is 60.2 Å². The van der Waals surface area contributed by atoms with Gasteiger partial charge in [-0.25, -0.2) is 0 Å². The molecule has 3 aromatic rings. The number of aliphatic hydroxyl groups excluding tert-OH is 1. The van der Waals surface area contributed by atoms with Crippen molar-refractivity contribution in [1.29, 1.82) is 0 Å². The van der Waals surface area contributed by atoms with E-state index in [9.17, 15) is 9.90 Å². The highest BCUT2D eigenvalue weighted by molar-refractivity contribution is 8.00. The number of carbonyl (C=O) groups is 1. The van der Waals surface area contributed by atoms with Crippen molar-refractivity contribution in [3.05, 3.63) is 83.4 Å². The van der Waals surface area contributed by atoms with Gasteiger partial charge in [0.25, 0.3) is 0 Å². The van der Waals surface area contributed by atoms with E-state index >= 15 is 0 Å². The number of benzene rings is 3. The van der Waals surface area contributed by atoms with Gasteiger partial charge in [0.1, 0.15) is 23.9 Å². The molecule has 0 amide bonds. The number of aliphatic carboxylic acids is 1. The third-order valence-corrected chi connectivity index (χ3v) is 9.26. The number of rotatable bonds is 14. The second kappa shape index (κ2) is 14.5. The fraction of sp³-hybridized carbons (Fsp3) is 0.387. The zero-order valence-corrected chi connectivity index (χ0v) is 24.0. The van der Waals surface area contributed by atoms with E-state index in [1.165, 1.54) is 30.2 Å². The molecule has 2 N–H and O–H groups in total. The summed E-state index contributed by atoms with van der Waals surface area (Å²) in [5, 5.41) is 20.2. The number of ether oxygens (including phenoxy) is 3. The van der Waals surface area contributed by atoms with E-state index in [1.807, 2.05) is 54.6 Å². The summed E-state index contributed by atoms with van der Waals surface area (Å²) in [6, 6.07) is 21.9. The van der Waals surface area contributed by atoms with Gasteiger partial charge in [-0.1, -0.05) is 49.2 Å². The Kier molecular flexibility index (Phi) is 10.9. The highest BCUT2D eigenvalue weighted by Gasteiger charge is 2.30. The molecule has 0 spiro atoms. The number of thioether (sulfide) groups is 2. The lowest BCUT2D eigenvalue weighted by molar-refractivity contribution is -0.133. The lowest BCUT2D eigenvalue weighted by Gasteiger charge is -2.27. The van der Waals surface area contributed by atoms with E-state index in [0.717, 1.165) is 46.1 Å². The van der Waals surface area contributed by atoms with Crippen LogP contribution in [-0.2, 0) is 11.4 Å². The molecule has 1 fully saturated rings. The van der Waals surface area contributed by atoms with E-state index in [4.69, 9.17) is 19.3 Å². The van der Waals surface area contributed by atoms with E-state index < -0.39 is 12.1 Å². The molecule has 0 saturated heterocycles. The van der Waals surface area contributed by atoms with Crippen LogP contribution in [-0.4, -0.2) is 48.0 Å². The molecule has 4 rings (SSSR count). The third kappa shape index (κ3) is 8.10. The van der Waals surface area contributed by atoms with Crippen LogP contribution in [0, 0.1) is 0 Å². The highest BCUT2D eigenvalue weighted by Crippen LogP contribution is 2.48. The SMILES string of the molecule is COc1ccc(COc2c(C3CCCC3)cccc2C(Sc2cccc(OC)c2)C(O)CSCC(=O)O)cc1. The number of hydrogen-bond donors (Lipinski definition) is 2. The first-order valence-corrected chi connectivity index (χ1v) is 15.2. The van der Waals surface area contributed by atoms with Crippen LogP contribution in [0.2, 0.25) is 0 Å². The molecule has 0 heterocycles. The van der Waals surface area contributed by atoms with Gasteiger partial charge in [-0.3, -0.25) is 4.79 Å². The van der Waals surface area contributed by atoms with Crippen LogP contribution in [0.4, 0.5) is 0 Å². The van der Waals surface area contributed by atoms with Gasteiger partial charge in [-0.2, -0.15) is 0 Å². The molecule has 2 unspecified atom stereocenters. The molecule has 1 aliphatic rings. The second-order valence-corrected chi connectivity index (χ2v) is 11.8. The molecule has 6 nitrogen and oxygen atoms in total. The van der Waals surface area contributed by atoms with Crippen LogP contribution in [0.25, 0.3) is 0 Å². The topological polar surface area (TPSA) is 85.2 Å². The molecule has 0 radical (unpaired) electrons. The van der Waals surface area contributed by atoms with Crippen molar-refractivity contribution in [2.24, 2.45) is 0 Å². The molecular formula is C31H36O6S2. The number of carboxylic acids is 1. The molecular weight excluding hydrogens is 532 g/mol. The van der Waals surface area contributed by atoms with Crippen LogP contribution in [0.3, 0.4) is 0 Å². The Bertz CT molecular complexity index is 1210. The fourth-order valence-electron chi connectivity index (χ4n) is 4.92. The highest BCUT2D eigenvalue weighted by atomic mass is 32.2. The first-order valence-electron chi connectivity index (χ1n) is 13.1. The predicted molar refractivity (Wildman–Crippen MR) is 158 cm³/mol. The minimum Gasteiger partial charge on any atom is -0.497 e. The smallest absolute Gasteiger partial charge is 0.313 e. The minimum absolute atomic E-state index is 0.0590. The van der Waals surface area contributed by atoms with Gasteiger partial charge in [0.05, 0.1) is 31.3 Å². The average Bonchev–Trinajstić information content (AvgIpc) is 3.50. The fourth-order valence-corrected chi connectivity index (χ4v) is 6.97. The van der Waals surface area contributed by atoms with Crippen molar-refractivity contribution >= 4 is 29.5 Å². The maximum Gasteiger partial charge on any atom is 0.313 e. The minimum atomic E-state index is -0.893. The molecule has 39 heavy (non-hydrogen) atoms. The van der Waals surface area contributed by atoms with E-state index in [-0.39, 0.29) is 11.0 Å². The van der Waals surface area contributed by atoms with Crippen LogP contribution in [0.5, 0.6) is 17.2 Å². The number of hydrogen-bond acceptors (Lipinski definition) is 7. The van der Waals surface area contributed by atoms with Gasteiger partial charge in [-0.15, -0.1) is 23.5 Å². The molecule has 0 aliphatic heterocycles. The van der Waals surface area contributed by atoms with Gasteiger partial charge >= 0.3 is 5.97 Å². The summed E-state index contributed by atoms with van der Waals surface area (Å²) in [4.78, 5) is 12.1. The summed E-state index contributed by atoms with van der Waals surface area (Å²) in [5.74, 6) is 2.11. The normalized spacial score (nSPS) is 15.1. The summed E-state index contributed by atoms with van der Waals surface area (Å²) in [6.45, 7) is 0.390. The third-order valence-electron chi connectivity index (χ3n) is 6.89. The average molecular weight is 569 g/mol. The van der Waals surface area contributed by atoms with Crippen LogP contribution >= 0.6 is 23.5 Å². The second-order valence-electron chi connectivity index (χ2n) is 9.58. The standard InChI is InChI=1S/C31H36O6S2/c1-35-23-15-13-21(14-16-23)18-37-30-26(22-7-3-4-8-22)11-6-12-27(30)31(28(32)19-38-20-29(33)34)39-25-10-5-9-24(17-25)36-2/h5-6,9-17,22,28,31-32H,3-4,7-8,18-20H2,1-2H3,(H,33,34). The number of aliphatic hydroxyl groups is 1. The lowest BCUT2D eigenvalue weighted by Crippen LogP contribution is -2.21. The van der Waals surface area contributed by atoms with Gasteiger partial charge in [0, 0.05) is 16.2 Å². The predicted octanol–water partition coefficient (Wildman–Crippen LogP) is 6.95. The zero-order valence-electron chi connectivity index (χ0n) is 22.4. The largest absolute Gasteiger partial charge is 0.497 e. The lowest BCUT2D eigenvalue weighted by atomic mass is 9.93. The summed E-state index contributed by atoms with van der Waals surface area (Å²) in [7, 11) is 3.28. The Balaban J connectivity index is 1.70. The number of methoxy groups -OCH3 is 2. The molecule has 1 aliphatic carbocycles. The zero-order chi connectivity index (χ0) is 27.6. The maximum absolute atomic E-state index is 11.5. The molecule has 3 aromatic carbocycles. The van der Waals surface area contributed by atoms with E-state index in [0.29, 0.717) is 18.3 Å². The quantitative estimate of drug-likeness (QED) is 0.202. The summed E-state index contributed by atoms with van der Waals surface area (Å²) >= 11 is 2.76. The maximum atomic E-state index is 11.5. The molecule has 8 heteroatoms. The molecule has 2 atom stereocenters. The molecule has 0 bridgehead atoms. The monoisotopic (exact) mass is 568 g/mol. The van der Waals surface area contributed by atoms with Gasteiger partial charge in [0.15, 0.2) is 0 Å².